The zero-order valence-electron chi connectivity index (χ0n) is 12.3. The Balaban J connectivity index is 2.02. The Hall–Kier alpha value is -1.23. The first kappa shape index (κ1) is 15.2. The van der Waals surface area contributed by atoms with Crippen molar-refractivity contribution in [1.29, 1.82) is 0 Å². The first-order valence-corrected chi connectivity index (χ1v) is 7.02. The maximum atomic E-state index is 13.7. The summed E-state index contributed by atoms with van der Waals surface area (Å²) in [6.45, 7) is 5.34. The Morgan fingerprint density at radius 3 is 2.85 bits per heavy atom. The number of halogens is 2. The molecule has 0 radical (unpaired) electrons. The molecule has 0 amide bonds. The highest BCUT2D eigenvalue weighted by atomic mass is 19.3. The van der Waals surface area contributed by atoms with E-state index in [4.69, 9.17) is 4.74 Å². The van der Waals surface area contributed by atoms with Gasteiger partial charge in [0, 0.05) is 25.4 Å². The van der Waals surface area contributed by atoms with Crippen LogP contribution >= 0.6 is 0 Å². The smallest absolute Gasteiger partial charge is 0.251 e. The normalized spacial score (nSPS) is 23.4. The van der Waals surface area contributed by atoms with Crippen LogP contribution < -0.4 is 4.74 Å². The highest BCUT2D eigenvalue weighted by Gasteiger charge is 2.38. The number of aryl methyl sites for hydroxylation is 1. The molecular formula is C15H22F2N2O. The molecule has 2 heterocycles. The van der Waals surface area contributed by atoms with Gasteiger partial charge in [-0.2, -0.15) is 0 Å². The third-order valence-corrected chi connectivity index (χ3v) is 4.09. The van der Waals surface area contributed by atoms with Crippen molar-refractivity contribution in [2.45, 2.75) is 39.2 Å². The van der Waals surface area contributed by atoms with Gasteiger partial charge in [0.1, 0.15) is 5.75 Å². The second-order valence-electron chi connectivity index (χ2n) is 5.62. The molecule has 1 unspecified atom stereocenters. The zero-order valence-corrected chi connectivity index (χ0v) is 12.3. The largest absolute Gasteiger partial charge is 0.495 e. The molecule has 1 aliphatic heterocycles. The molecule has 1 atom stereocenters. The third kappa shape index (κ3) is 3.45. The van der Waals surface area contributed by atoms with E-state index in [1.54, 1.807) is 20.2 Å². The van der Waals surface area contributed by atoms with Crippen molar-refractivity contribution in [3.63, 3.8) is 0 Å². The lowest BCUT2D eigenvalue weighted by Gasteiger charge is -2.20. The van der Waals surface area contributed by atoms with Gasteiger partial charge in [0.25, 0.3) is 5.92 Å². The van der Waals surface area contributed by atoms with Gasteiger partial charge in [-0.15, -0.1) is 0 Å². The van der Waals surface area contributed by atoms with E-state index >= 15 is 0 Å². The van der Waals surface area contributed by atoms with Crippen molar-refractivity contribution in [1.82, 2.24) is 9.88 Å². The first-order valence-electron chi connectivity index (χ1n) is 7.02. The Bertz CT molecular complexity index is 465. The highest BCUT2D eigenvalue weighted by Crippen LogP contribution is 2.33. The van der Waals surface area contributed by atoms with E-state index in [-0.39, 0.29) is 6.42 Å². The van der Waals surface area contributed by atoms with Gasteiger partial charge in [-0.1, -0.05) is 6.92 Å². The predicted octanol–water partition coefficient (Wildman–Crippen LogP) is 3.27. The topological polar surface area (TPSA) is 25.4 Å². The molecule has 1 fully saturated rings. The molecule has 0 spiro atoms. The molecule has 2 rings (SSSR count). The van der Waals surface area contributed by atoms with Gasteiger partial charge in [0.05, 0.1) is 19.0 Å². The van der Waals surface area contributed by atoms with Gasteiger partial charge in [-0.25, -0.2) is 8.78 Å². The molecule has 0 N–H and O–H groups in total. The minimum absolute atomic E-state index is 0.0662. The van der Waals surface area contributed by atoms with Crippen LogP contribution in [0.2, 0.25) is 0 Å². The van der Waals surface area contributed by atoms with Crippen LogP contribution in [0.5, 0.6) is 5.75 Å². The summed E-state index contributed by atoms with van der Waals surface area (Å²) in [5.74, 6) is -2.33. The fourth-order valence-corrected chi connectivity index (χ4v) is 2.54. The molecule has 20 heavy (non-hydrogen) atoms. The number of hydrogen-bond acceptors (Lipinski definition) is 3. The maximum Gasteiger partial charge on any atom is 0.251 e. The molecule has 1 aliphatic rings. The van der Waals surface area contributed by atoms with E-state index in [0.29, 0.717) is 26.1 Å². The molecular weight excluding hydrogens is 262 g/mol. The molecule has 1 aromatic rings. The first-order chi connectivity index (χ1) is 9.42. The molecule has 3 nitrogen and oxygen atoms in total. The molecule has 5 heteroatoms. The molecule has 0 aliphatic carbocycles. The van der Waals surface area contributed by atoms with E-state index in [0.717, 1.165) is 17.0 Å². The summed E-state index contributed by atoms with van der Waals surface area (Å²) >= 11 is 0. The number of hydrogen-bond donors (Lipinski definition) is 0. The summed E-state index contributed by atoms with van der Waals surface area (Å²) in [6, 6.07) is 1.96. The maximum absolute atomic E-state index is 13.7. The monoisotopic (exact) mass is 284 g/mol. The molecule has 1 saturated heterocycles. The minimum atomic E-state index is -2.54. The Morgan fingerprint density at radius 2 is 2.20 bits per heavy atom. The molecule has 0 bridgehead atoms. The van der Waals surface area contributed by atoms with Crippen molar-refractivity contribution in [2.24, 2.45) is 5.92 Å². The van der Waals surface area contributed by atoms with E-state index in [2.05, 4.69) is 9.88 Å². The van der Waals surface area contributed by atoms with Crippen LogP contribution in [0.4, 0.5) is 8.78 Å². The lowest BCUT2D eigenvalue weighted by molar-refractivity contribution is -0.0546. The molecule has 112 valence electrons. The quantitative estimate of drug-likeness (QED) is 0.852. The molecule has 0 saturated carbocycles. The van der Waals surface area contributed by atoms with Crippen LogP contribution in [0.1, 0.15) is 31.0 Å². The van der Waals surface area contributed by atoms with Gasteiger partial charge in [0.2, 0.25) is 0 Å². The van der Waals surface area contributed by atoms with Crippen LogP contribution in [-0.2, 0) is 6.54 Å². The van der Waals surface area contributed by atoms with Crippen LogP contribution in [0.3, 0.4) is 0 Å². The molecule has 0 aromatic carbocycles. The van der Waals surface area contributed by atoms with Crippen LogP contribution in [-0.4, -0.2) is 36.0 Å². The van der Waals surface area contributed by atoms with Gasteiger partial charge < -0.3 is 4.74 Å². The van der Waals surface area contributed by atoms with Crippen LogP contribution in [0.15, 0.2) is 12.3 Å². The fourth-order valence-electron chi connectivity index (χ4n) is 2.54. The van der Waals surface area contributed by atoms with E-state index < -0.39 is 11.8 Å². The summed E-state index contributed by atoms with van der Waals surface area (Å²) in [5.41, 5.74) is 1.92. The minimum Gasteiger partial charge on any atom is -0.495 e. The SMILES string of the molecule is COc1cnc(CN2CCC(C)C(F)(F)CC2)cc1C. The van der Waals surface area contributed by atoms with Crippen molar-refractivity contribution in [3.05, 3.63) is 23.5 Å². The second-order valence-corrected chi connectivity index (χ2v) is 5.62. The summed E-state index contributed by atoms with van der Waals surface area (Å²) in [4.78, 5) is 6.40. The summed E-state index contributed by atoms with van der Waals surface area (Å²) in [7, 11) is 1.61. The molecule has 1 aromatic heterocycles. The number of alkyl halides is 2. The van der Waals surface area contributed by atoms with Crippen molar-refractivity contribution < 1.29 is 13.5 Å². The van der Waals surface area contributed by atoms with Crippen molar-refractivity contribution >= 4 is 0 Å². The van der Waals surface area contributed by atoms with E-state index in [1.807, 2.05) is 13.0 Å². The average Bonchev–Trinajstić information content (AvgIpc) is 2.52. The van der Waals surface area contributed by atoms with Crippen molar-refractivity contribution in [3.8, 4) is 5.75 Å². The number of nitrogens with zero attached hydrogens (tertiary/aromatic N) is 2. The van der Waals surface area contributed by atoms with Gasteiger partial charge in [-0.3, -0.25) is 9.88 Å². The number of likely N-dealkylation sites (tertiary alicyclic amines) is 1. The van der Waals surface area contributed by atoms with Crippen LogP contribution in [0.25, 0.3) is 0 Å². The van der Waals surface area contributed by atoms with Gasteiger partial charge in [0.15, 0.2) is 0 Å². The average molecular weight is 284 g/mol. The predicted molar refractivity (Wildman–Crippen MR) is 74.1 cm³/mol. The lowest BCUT2D eigenvalue weighted by Crippen LogP contribution is -2.27. The van der Waals surface area contributed by atoms with Gasteiger partial charge in [-0.05, 0) is 31.5 Å². The van der Waals surface area contributed by atoms with E-state index in [1.165, 1.54) is 0 Å². The van der Waals surface area contributed by atoms with Crippen LogP contribution in [0, 0.1) is 12.8 Å². The summed E-state index contributed by atoms with van der Waals surface area (Å²) in [6.07, 6.45) is 2.16. The Labute approximate surface area is 118 Å². The number of pyridine rings is 1. The van der Waals surface area contributed by atoms with Crippen molar-refractivity contribution in [2.75, 3.05) is 20.2 Å². The highest BCUT2D eigenvalue weighted by molar-refractivity contribution is 5.30. The zero-order chi connectivity index (χ0) is 14.8. The Morgan fingerprint density at radius 1 is 1.45 bits per heavy atom. The van der Waals surface area contributed by atoms with Gasteiger partial charge >= 0.3 is 0 Å². The lowest BCUT2D eigenvalue weighted by atomic mass is 9.99. The summed E-state index contributed by atoms with van der Waals surface area (Å²) < 4.78 is 32.5. The number of rotatable bonds is 3. The van der Waals surface area contributed by atoms with E-state index in [9.17, 15) is 8.78 Å². The summed E-state index contributed by atoms with van der Waals surface area (Å²) in [5, 5.41) is 0. The fraction of sp³-hybridized carbons (Fsp3) is 0.667. The Kier molecular flexibility index (Phi) is 4.58. The number of ether oxygens (including phenoxy) is 1. The third-order valence-electron chi connectivity index (χ3n) is 4.09. The second kappa shape index (κ2) is 6.04. The standard InChI is InChI=1S/C15H22F2N2O/c1-11-8-13(18-9-14(11)20-3)10-19-6-4-12(2)15(16,17)5-7-19/h8-9,12H,4-7,10H2,1-3H3. The number of aromatic nitrogens is 1. The number of methoxy groups -OCH3 is 1.